The van der Waals surface area contributed by atoms with Crippen molar-refractivity contribution in [3.63, 3.8) is 0 Å². The maximum absolute atomic E-state index is 8.34. The van der Waals surface area contributed by atoms with Gasteiger partial charge in [-0.3, -0.25) is 0 Å². The molecule has 0 aromatic heterocycles. The van der Waals surface area contributed by atoms with E-state index in [1.807, 2.05) is 6.07 Å². The lowest BCUT2D eigenvalue weighted by Gasteiger charge is -2.10. The Morgan fingerprint density at radius 2 is 2.36 bits per heavy atom. The summed E-state index contributed by atoms with van der Waals surface area (Å²) in [7, 11) is 0. The zero-order valence-corrected chi connectivity index (χ0v) is 7.60. The normalized spacial score (nSPS) is 12.5. The molecule has 0 rings (SSSR count). The number of nitriles is 1. The molecule has 0 aromatic carbocycles. The summed E-state index contributed by atoms with van der Waals surface area (Å²) in [6.07, 6.45) is 2.47. The predicted molar refractivity (Wildman–Crippen MR) is 45.6 cm³/mol. The monoisotopic (exact) mass is 175 g/mol. The maximum atomic E-state index is 8.34. The molecule has 0 amide bonds. The first kappa shape index (κ1) is 10.7. The van der Waals surface area contributed by atoms with Crippen LogP contribution in [0.15, 0.2) is 0 Å². The van der Waals surface area contributed by atoms with Gasteiger partial charge in [-0.2, -0.15) is 5.26 Å². The highest BCUT2D eigenvalue weighted by atomic mass is 35.5. The number of hydrogen-bond acceptors (Lipinski definition) is 2. The summed E-state index contributed by atoms with van der Waals surface area (Å²) in [6, 6.07) is 2.04. The van der Waals surface area contributed by atoms with Crippen molar-refractivity contribution in [2.75, 3.05) is 12.5 Å². The summed E-state index contributed by atoms with van der Waals surface area (Å²) < 4.78 is 5.32. The lowest BCUT2D eigenvalue weighted by molar-refractivity contribution is 0.0695. The summed E-state index contributed by atoms with van der Waals surface area (Å²) >= 11 is 5.55. The van der Waals surface area contributed by atoms with E-state index < -0.39 is 0 Å². The Bertz CT molecular complexity index is 122. The second-order valence-corrected chi connectivity index (χ2v) is 2.67. The molecule has 0 radical (unpaired) electrons. The van der Waals surface area contributed by atoms with E-state index in [1.165, 1.54) is 0 Å². The number of ether oxygens (including phenoxy) is 1. The highest BCUT2D eigenvalue weighted by molar-refractivity contribution is 6.18. The molecule has 0 saturated carbocycles. The molecule has 0 bridgehead atoms. The Morgan fingerprint density at radius 1 is 1.64 bits per heavy atom. The van der Waals surface area contributed by atoms with E-state index in [4.69, 9.17) is 21.6 Å². The Balaban J connectivity index is 3.30. The minimum Gasteiger partial charge on any atom is -0.376 e. The fraction of sp³-hybridized carbons (Fsp3) is 0.875. The molecular formula is C8H14ClNO. The molecule has 0 fully saturated rings. The molecule has 0 aromatic rings. The van der Waals surface area contributed by atoms with Crippen LogP contribution in [0.2, 0.25) is 0 Å². The molecule has 3 heteroatoms. The Hall–Kier alpha value is -0.260. The summed E-state index contributed by atoms with van der Waals surface area (Å²) in [5, 5.41) is 8.34. The Morgan fingerprint density at radius 3 is 2.82 bits per heavy atom. The first-order valence-electron chi connectivity index (χ1n) is 3.89. The maximum Gasteiger partial charge on any atom is 0.0839 e. The zero-order chi connectivity index (χ0) is 8.53. The van der Waals surface area contributed by atoms with Crippen LogP contribution in [0.25, 0.3) is 0 Å². The Kier molecular flexibility index (Phi) is 7.66. The SMILES string of the molecule is CCCCOC(CCl)CC#N. The van der Waals surface area contributed by atoms with Crippen molar-refractivity contribution in [1.29, 1.82) is 5.26 Å². The van der Waals surface area contributed by atoms with E-state index >= 15 is 0 Å². The molecule has 0 heterocycles. The van der Waals surface area contributed by atoms with Crippen LogP contribution in [-0.4, -0.2) is 18.6 Å². The summed E-state index contributed by atoms with van der Waals surface area (Å²) in [4.78, 5) is 0. The first-order valence-corrected chi connectivity index (χ1v) is 4.43. The fourth-order valence-electron chi connectivity index (χ4n) is 0.654. The van der Waals surface area contributed by atoms with Crippen LogP contribution < -0.4 is 0 Å². The predicted octanol–water partition coefficient (Wildman–Crippen LogP) is 2.32. The minimum absolute atomic E-state index is 0.0757. The fourth-order valence-corrected chi connectivity index (χ4v) is 0.852. The van der Waals surface area contributed by atoms with Crippen molar-refractivity contribution >= 4 is 11.6 Å². The zero-order valence-electron chi connectivity index (χ0n) is 6.85. The van der Waals surface area contributed by atoms with Gasteiger partial charge in [0.15, 0.2) is 0 Å². The average Bonchev–Trinajstić information content (AvgIpc) is 2.03. The molecule has 0 aliphatic heterocycles. The van der Waals surface area contributed by atoms with E-state index in [1.54, 1.807) is 0 Å². The standard InChI is InChI=1S/C8H14ClNO/c1-2-3-6-11-8(7-9)4-5-10/h8H,2-4,6-7H2,1H3. The largest absolute Gasteiger partial charge is 0.376 e. The molecular weight excluding hydrogens is 162 g/mol. The molecule has 1 atom stereocenters. The van der Waals surface area contributed by atoms with Gasteiger partial charge in [0.2, 0.25) is 0 Å². The first-order chi connectivity index (χ1) is 5.35. The molecule has 0 spiro atoms. The van der Waals surface area contributed by atoms with Gasteiger partial charge in [-0.1, -0.05) is 13.3 Å². The van der Waals surface area contributed by atoms with Crippen molar-refractivity contribution in [3.05, 3.63) is 0 Å². The van der Waals surface area contributed by atoms with Crippen LogP contribution in [-0.2, 0) is 4.74 Å². The number of hydrogen-bond donors (Lipinski definition) is 0. The van der Waals surface area contributed by atoms with Gasteiger partial charge in [0.05, 0.1) is 18.6 Å². The van der Waals surface area contributed by atoms with Gasteiger partial charge in [-0.05, 0) is 6.42 Å². The molecule has 1 unspecified atom stereocenters. The van der Waals surface area contributed by atoms with Crippen molar-refractivity contribution in [1.82, 2.24) is 0 Å². The number of nitrogens with zero attached hydrogens (tertiary/aromatic N) is 1. The molecule has 2 nitrogen and oxygen atoms in total. The molecule has 0 aliphatic carbocycles. The molecule has 0 N–H and O–H groups in total. The summed E-state index contributed by atoms with van der Waals surface area (Å²) in [5.74, 6) is 0.414. The van der Waals surface area contributed by atoms with Crippen LogP contribution in [0.4, 0.5) is 0 Å². The summed E-state index contributed by atoms with van der Waals surface area (Å²) in [6.45, 7) is 2.82. The van der Waals surface area contributed by atoms with Crippen molar-refractivity contribution < 1.29 is 4.74 Å². The van der Waals surface area contributed by atoms with Gasteiger partial charge in [0.1, 0.15) is 0 Å². The van der Waals surface area contributed by atoms with Crippen molar-refractivity contribution in [3.8, 4) is 6.07 Å². The van der Waals surface area contributed by atoms with Gasteiger partial charge in [-0.15, -0.1) is 11.6 Å². The lowest BCUT2D eigenvalue weighted by Crippen LogP contribution is -2.14. The average molecular weight is 176 g/mol. The minimum atomic E-state index is -0.0757. The molecule has 64 valence electrons. The van der Waals surface area contributed by atoms with Crippen molar-refractivity contribution in [2.45, 2.75) is 32.3 Å². The highest BCUT2D eigenvalue weighted by Crippen LogP contribution is 2.01. The molecule has 0 aliphatic rings. The van der Waals surface area contributed by atoms with Gasteiger partial charge in [0.25, 0.3) is 0 Å². The highest BCUT2D eigenvalue weighted by Gasteiger charge is 2.05. The van der Waals surface area contributed by atoms with E-state index in [2.05, 4.69) is 6.92 Å². The third-order valence-corrected chi connectivity index (χ3v) is 1.69. The topological polar surface area (TPSA) is 33.0 Å². The quantitative estimate of drug-likeness (QED) is 0.459. The van der Waals surface area contributed by atoms with Gasteiger partial charge in [0, 0.05) is 12.5 Å². The smallest absolute Gasteiger partial charge is 0.0839 e. The third kappa shape index (κ3) is 6.15. The van der Waals surface area contributed by atoms with E-state index in [0.29, 0.717) is 12.3 Å². The molecule has 0 saturated heterocycles. The van der Waals surface area contributed by atoms with Gasteiger partial charge in [-0.25, -0.2) is 0 Å². The number of rotatable bonds is 6. The third-order valence-electron chi connectivity index (χ3n) is 1.34. The number of halogens is 1. The van der Waals surface area contributed by atoms with E-state index in [0.717, 1.165) is 19.4 Å². The second kappa shape index (κ2) is 7.84. The Labute approximate surface area is 73.1 Å². The second-order valence-electron chi connectivity index (χ2n) is 2.36. The van der Waals surface area contributed by atoms with E-state index in [-0.39, 0.29) is 6.10 Å². The summed E-state index contributed by atoms with van der Waals surface area (Å²) in [5.41, 5.74) is 0. The molecule has 11 heavy (non-hydrogen) atoms. The van der Waals surface area contributed by atoms with Crippen LogP contribution in [0.3, 0.4) is 0 Å². The van der Waals surface area contributed by atoms with E-state index in [9.17, 15) is 0 Å². The van der Waals surface area contributed by atoms with Crippen molar-refractivity contribution in [2.24, 2.45) is 0 Å². The number of unbranched alkanes of at least 4 members (excludes halogenated alkanes) is 1. The van der Waals surface area contributed by atoms with Crippen LogP contribution in [0.5, 0.6) is 0 Å². The van der Waals surface area contributed by atoms with Crippen LogP contribution >= 0.6 is 11.6 Å². The van der Waals surface area contributed by atoms with Crippen LogP contribution in [0, 0.1) is 11.3 Å². The van der Waals surface area contributed by atoms with Gasteiger partial charge < -0.3 is 4.74 Å². The van der Waals surface area contributed by atoms with Crippen LogP contribution in [0.1, 0.15) is 26.2 Å². The van der Waals surface area contributed by atoms with Gasteiger partial charge >= 0.3 is 0 Å². The number of alkyl halides is 1. The lowest BCUT2D eigenvalue weighted by atomic mass is 10.3.